The first kappa shape index (κ1) is 29.9. The van der Waals surface area contributed by atoms with E-state index in [1.165, 1.54) is 18.2 Å². The highest BCUT2D eigenvalue weighted by Gasteiger charge is 2.23. The second kappa shape index (κ2) is 13.9. The highest BCUT2D eigenvalue weighted by atomic mass is 19.1. The van der Waals surface area contributed by atoms with Crippen LogP contribution >= 0.6 is 0 Å². The Bertz CT molecular complexity index is 1300. The number of hydrogen-bond donors (Lipinski definition) is 2. The summed E-state index contributed by atoms with van der Waals surface area (Å²) in [4.78, 5) is 27.8. The zero-order valence-electron chi connectivity index (χ0n) is 22.9. The monoisotopic (exact) mass is 533 g/mol. The minimum Gasteiger partial charge on any atom is -0.481 e. The van der Waals surface area contributed by atoms with Crippen molar-refractivity contribution in [3.05, 3.63) is 94.6 Å². The molecule has 2 aromatic carbocycles. The van der Waals surface area contributed by atoms with E-state index in [0.717, 1.165) is 39.2 Å². The van der Waals surface area contributed by atoms with Gasteiger partial charge in [-0.3, -0.25) is 14.6 Å². The molecule has 0 aliphatic rings. The Labute approximate surface area is 229 Å². The molecule has 0 aliphatic carbocycles. The van der Waals surface area contributed by atoms with Gasteiger partial charge in [0.2, 0.25) is 0 Å². The van der Waals surface area contributed by atoms with Crippen LogP contribution in [-0.4, -0.2) is 33.1 Å². The van der Waals surface area contributed by atoms with Crippen molar-refractivity contribution in [1.29, 1.82) is 0 Å². The molecule has 1 unspecified atom stereocenters. The molecule has 0 radical (unpaired) electrons. The van der Waals surface area contributed by atoms with Crippen LogP contribution in [0, 0.1) is 5.82 Å². The summed E-state index contributed by atoms with van der Waals surface area (Å²) in [7, 11) is 0. The van der Waals surface area contributed by atoms with E-state index in [9.17, 15) is 19.1 Å². The number of aromatic nitrogens is 1. The zero-order valence-corrected chi connectivity index (χ0v) is 22.9. The van der Waals surface area contributed by atoms with Crippen LogP contribution in [0.4, 0.5) is 4.39 Å². The largest absolute Gasteiger partial charge is 0.481 e. The first-order valence-electron chi connectivity index (χ1n) is 13.1. The predicted octanol–water partition coefficient (Wildman–Crippen LogP) is 6.66. The van der Waals surface area contributed by atoms with Crippen LogP contribution in [0.2, 0.25) is 0 Å². The number of rotatable bonds is 13. The van der Waals surface area contributed by atoms with Gasteiger partial charge in [-0.25, -0.2) is 4.39 Å². The van der Waals surface area contributed by atoms with E-state index in [4.69, 9.17) is 14.8 Å². The number of Topliss-reactive ketones (excluding diaryl/α,β-unsaturated/α-hetero) is 1. The van der Waals surface area contributed by atoms with Crippen LogP contribution in [0.5, 0.6) is 0 Å². The number of aliphatic hydroxyl groups is 1. The number of nitrogens with zero attached hydrogens (tertiary/aromatic N) is 1. The third kappa shape index (κ3) is 8.40. The molecule has 206 valence electrons. The van der Waals surface area contributed by atoms with Gasteiger partial charge in [-0.2, -0.15) is 0 Å². The van der Waals surface area contributed by atoms with Crippen LogP contribution in [0.1, 0.15) is 80.5 Å². The molecule has 3 aromatic rings. The van der Waals surface area contributed by atoms with Gasteiger partial charge in [0.15, 0.2) is 0 Å². The lowest BCUT2D eigenvalue weighted by Gasteiger charge is -2.24. The molecule has 1 aromatic heterocycles. The number of halogens is 1. The van der Waals surface area contributed by atoms with Crippen molar-refractivity contribution in [2.24, 2.45) is 0 Å². The molecule has 0 fully saturated rings. The van der Waals surface area contributed by atoms with Crippen LogP contribution in [0.25, 0.3) is 17.2 Å². The van der Waals surface area contributed by atoms with Gasteiger partial charge in [0.05, 0.1) is 25.0 Å². The van der Waals surface area contributed by atoms with E-state index < -0.39 is 24.3 Å². The average Bonchev–Trinajstić information content (AvgIpc) is 2.87. The Hall–Kier alpha value is -3.68. The van der Waals surface area contributed by atoms with Crippen LogP contribution < -0.4 is 0 Å². The molecular weight excluding hydrogens is 497 g/mol. The molecule has 7 heteroatoms. The van der Waals surface area contributed by atoms with E-state index >= 15 is 0 Å². The van der Waals surface area contributed by atoms with Gasteiger partial charge in [-0.05, 0) is 40.7 Å². The van der Waals surface area contributed by atoms with E-state index in [0.29, 0.717) is 6.61 Å². The Balaban J connectivity index is 2.13. The fraction of sp³-hybridized carbons (Fsp3) is 0.344. The van der Waals surface area contributed by atoms with Gasteiger partial charge in [-0.15, -0.1) is 0 Å². The molecule has 39 heavy (non-hydrogen) atoms. The molecule has 1 atom stereocenters. The fourth-order valence-corrected chi connectivity index (χ4v) is 4.45. The van der Waals surface area contributed by atoms with Crippen molar-refractivity contribution in [2.75, 3.05) is 0 Å². The molecule has 0 saturated heterocycles. The smallest absolute Gasteiger partial charge is 0.310 e. The fourth-order valence-electron chi connectivity index (χ4n) is 4.45. The number of carboxylic acids is 1. The molecular formula is C32H36FNO5. The minimum absolute atomic E-state index is 0.0198. The van der Waals surface area contributed by atoms with Gasteiger partial charge in [0.1, 0.15) is 18.0 Å². The number of hydrogen-bond acceptors (Lipinski definition) is 5. The number of carbonyl (C=O) groups is 2. The minimum atomic E-state index is -1.23. The van der Waals surface area contributed by atoms with Crippen LogP contribution in [0.3, 0.4) is 0 Å². The molecule has 0 amide bonds. The maximum absolute atomic E-state index is 13.9. The average molecular weight is 534 g/mol. The van der Waals surface area contributed by atoms with Crippen molar-refractivity contribution in [3.63, 3.8) is 0 Å². The number of pyridine rings is 1. The van der Waals surface area contributed by atoms with Crippen molar-refractivity contribution in [2.45, 2.75) is 71.7 Å². The number of ether oxygens (including phenoxy) is 1. The Morgan fingerprint density at radius 3 is 2.18 bits per heavy atom. The van der Waals surface area contributed by atoms with E-state index in [1.54, 1.807) is 18.2 Å². The summed E-state index contributed by atoms with van der Waals surface area (Å²) in [5.74, 6) is -2.05. The summed E-state index contributed by atoms with van der Waals surface area (Å²) in [5.41, 5.74) is 5.92. The van der Waals surface area contributed by atoms with Crippen LogP contribution in [0.15, 0.2) is 60.7 Å². The van der Waals surface area contributed by atoms with Crippen LogP contribution in [-0.2, 0) is 27.5 Å². The normalized spacial score (nSPS) is 12.4. The third-order valence-corrected chi connectivity index (χ3v) is 6.25. The Morgan fingerprint density at radius 2 is 1.59 bits per heavy atom. The number of aliphatic hydroxyl groups excluding tert-OH is 1. The lowest BCUT2D eigenvalue weighted by Crippen LogP contribution is -2.14. The Morgan fingerprint density at radius 1 is 0.949 bits per heavy atom. The van der Waals surface area contributed by atoms with E-state index in [2.05, 4.69) is 13.8 Å². The summed E-state index contributed by atoms with van der Waals surface area (Å²) in [6, 6.07) is 16.1. The number of carbonyl (C=O) groups excluding carboxylic acids is 1. The van der Waals surface area contributed by atoms with Crippen molar-refractivity contribution < 1.29 is 28.9 Å². The maximum atomic E-state index is 13.9. The summed E-state index contributed by atoms with van der Waals surface area (Å²) in [6.07, 6.45) is 1.09. The predicted molar refractivity (Wildman–Crippen MR) is 150 cm³/mol. The highest BCUT2D eigenvalue weighted by molar-refractivity contribution is 5.95. The van der Waals surface area contributed by atoms with Gasteiger partial charge in [-0.1, -0.05) is 82.3 Å². The first-order chi connectivity index (χ1) is 18.6. The van der Waals surface area contributed by atoms with Gasteiger partial charge in [0.25, 0.3) is 0 Å². The van der Waals surface area contributed by atoms with E-state index in [-0.39, 0.29) is 30.7 Å². The van der Waals surface area contributed by atoms with Gasteiger partial charge < -0.3 is 14.9 Å². The number of benzene rings is 2. The zero-order chi connectivity index (χ0) is 28.5. The lowest BCUT2D eigenvalue weighted by atomic mass is 9.87. The summed E-state index contributed by atoms with van der Waals surface area (Å²) < 4.78 is 20.1. The number of aliphatic carboxylic acids is 1. The second-order valence-corrected chi connectivity index (χ2v) is 10.2. The quantitative estimate of drug-likeness (QED) is 0.239. The van der Waals surface area contributed by atoms with Crippen molar-refractivity contribution >= 4 is 17.8 Å². The highest BCUT2D eigenvalue weighted by Crippen LogP contribution is 2.38. The molecule has 0 aliphatic heterocycles. The molecule has 2 N–H and O–H groups in total. The molecule has 1 heterocycles. The summed E-state index contributed by atoms with van der Waals surface area (Å²) >= 11 is 0. The van der Waals surface area contributed by atoms with Gasteiger partial charge >= 0.3 is 5.97 Å². The lowest BCUT2D eigenvalue weighted by molar-refractivity contribution is -0.140. The molecule has 0 spiro atoms. The topological polar surface area (TPSA) is 96.7 Å². The summed E-state index contributed by atoms with van der Waals surface area (Å²) in [6.45, 7) is 8.85. The summed E-state index contributed by atoms with van der Waals surface area (Å²) in [5, 5.41) is 19.4. The molecule has 6 nitrogen and oxygen atoms in total. The Kier molecular flexibility index (Phi) is 10.7. The second-order valence-electron chi connectivity index (χ2n) is 10.2. The first-order valence-corrected chi connectivity index (χ1v) is 13.1. The number of carboxylic acid groups (broad SMARTS) is 1. The van der Waals surface area contributed by atoms with E-state index in [1.807, 2.05) is 44.2 Å². The maximum Gasteiger partial charge on any atom is 0.310 e. The molecule has 3 rings (SSSR count). The third-order valence-electron chi connectivity index (χ3n) is 6.25. The van der Waals surface area contributed by atoms with Crippen molar-refractivity contribution in [3.8, 4) is 11.1 Å². The molecule has 0 saturated carbocycles. The standard InChI is InChI=1S/C32H36FNO5/c1-20(2)31-27(15-14-25(35)16-26(36)17-29(37)38)30(23-10-12-24(33)13-11-23)28(32(34-31)21(3)4)19-39-18-22-8-6-5-7-9-22/h5-15,20-21,25,35H,16-19H2,1-4H3,(H,37,38)/b15-14+. The number of ketones is 1. The van der Waals surface area contributed by atoms with Crippen molar-refractivity contribution in [1.82, 2.24) is 4.98 Å². The molecule has 0 bridgehead atoms. The SMILES string of the molecule is CC(C)c1nc(C(C)C)c(COCc2ccccc2)c(-c2ccc(F)cc2)c1/C=C/C(O)CC(=O)CC(=O)O. The van der Waals surface area contributed by atoms with Gasteiger partial charge in [0, 0.05) is 23.2 Å².